The van der Waals surface area contributed by atoms with Gasteiger partial charge in [0.15, 0.2) is 0 Å². The van der Waals surface area contributed by atoms with Crippen molar-refractivity contribution in [1.29, 1.82) is 0 Å². The van der Waals surface area contributed by atoms with E-state index in [1.54, 1.807) is 23.4 Å². The molecular weight excluding hydrogens is 194 g/mol. The van der Waals surface area contributed by atoms with Crippen LogP contribution >= 0.6 is 0 Å². The van der Waals surface area contributed by atoms with Crippen LogP contribution < -0.4 is 4.90 Å². The maximum Gasteiger partial charge on any atom is 0.225 e. The molecule has 5 heteroatoms. The Hall–Kier alpha value is -1.46. The first kappa shape index (κ1) is 11.6. The summed E-state index contributed by atoms with van der Waals surface area (Å²) in [5.74, 6) is 0.529. The summed E-state index contributed by atoms with van der Waals surface area (Å²) in [7, 11) is 0. The predicted molar refractivity (Wildman–Crippen MR) is 57.5 cm³/mol. The molecule has 1 aromatic heterocycles. The normalized spacial score (nSPS) is 10.0. The molecule has 5 nitrogen and oxygen atoms in total. The van der Waals surface area contributed by atoms with Crippen molar-refractivity contribution >= 4 is 5.95 Å². The van der Waals surface area contributed by atoms with Gasteiger partial charge in [0.05, 0.1) is 13.2 Å². The smallest absolute Gasteiger partial charge is 0.225 e. The van der Waals surface area contributed by atoms with E-state index < -0.39 is 0 Å². The lowest BCUT2D eigenvalue weighted by atomic mass is 10.4. The van der Waals surface area contributed by atoms with Crippen LogP contribution in [0.4, 0.5) is 5.95 Å². The van der Waals surface area contributed by atoms with E-state index in [9.17, 15) is 0 Å². The minimum absolute atomic E-state index is 0.0406. The van der Waals surface area contributed by atoms with Gasteiger partial charge < -0.3 is 15.1 Å². The molecular formula is C10H15N3O2. The Morgan fingerprint density at radius 3 is 2.47 bits per heavy atom. The summed E-state index contributed by atoms with van der Waals surface area (Å²) in [6.45, 7) is 4.64. The van der Waals surface area contributed by atoms with Crippen molar-refractivity contribution < 1.29 is 10.2 Å². The van der Waals surface area contributed by atoms with E-state index >= 15 is 0 Å². The maximum atomic E-state index is 8.85. The van der Waals surface area contributed by atoms with E-state index in [2.05, 4.69) is 16.5 Å². The molecule has 0 aliphatic heterocycles. The first-order chi connectivity index (χ1) is 7.31. The molecule has 1 rings (SSSR count). The second-order valence-corrected chi connectivity index (χ2v) is 3.01. The lowest BCUT2D eigenvalue weighted by molar-refractivity contribution is 0.280. The lowest BCUT2D eigenvalue weighted by Crippen LogP contribution is -2.28. The standard InChI is InChI=1S/C10H15N3O2/c1-2-3-13(4-5-14)10-11-6-9(8-15)7-12-10/h2,6-7,14-15H,1,3-5,8H2. The average molecular weight is 209 g/mol. The zero-order valence-corrected chi connectivity index (χ0v) is 8.50. The van der Waals surface area contributed by atoms with Crippen LogP contribution in [0.15, 0.2) is 25.0 Å². The molecule has 0 atom stereocenters. The van der Waals surface area contributed by atoms with Gasteiger partial charge in [-0.05, 0) is 0 Å². The van der Waals surface area contributed by atoms with E-state index in [1.165, 1.54) is 0 Å². The zero-order valence-electron chi connectivity index (χ0n) is 8.50. The molecule has 0 aliphatic carbocycles. The highest BCUT2D eigenvalue weighted by molar-refractivity contribution is 5.30. The monoisotopic (exact) mass is 209 g/mol. The van der Waals surface area contributed by atoms with Crippen LogP contribution in [-0.4, -0.2) is 39.9 Å². The van der Waals surface area contributed by atoms with Gasteiger partial charge in [-0.15, -0.1) is 6.58 Å². The minimum Gasteiger partial charge on any atom is -0.395 e. The Bertz CT molecular complexity index is 300. The fourth-order valence-electron chi connectivity index (χ4n) is 1.14. The molecule has 0 saturated heterocycles. The number of hydrogen-bond acceptors (Lipinski definition) is 5. The van der Waals surface area contributed by atoms with Crippen molar-refractivity contribution in [1.82, 2.24) is 9.97 Å². The van der Waals surface area contributed by atoms with Crippen molar-refractivity contribution in [2.24, 2.45) is 0 Å². The van der Waals surface area contributed by atoms with Gasteiger partial charge in [-0.2, -0.15) is 0 Å². The molecule has 0 aromatic carbocycles. The quantitative estimate of drug-likeness (QED) is 0.643. The Labute approximate surface area is 88.7 Å². The summed E-state index contributed by atoms with van der Waals surface area (Å²) in [4.78, 5) is 9.97. The van der Waals surface area contributed by atoms with Crippen LogP contribution in [-0.2, 0) is 6.61 Å². The molecule has 82 valence electrons. The molecule has 15 heavy (non-hydrogen) atoms. The molecule has 1 heterocycles. The van der Waals surface area contributed by atoms with E-state index in [4.69, 9.17) is 10.2 Å². The van der Waals surface area contributed by atoms with E-state index in [-0.39, 0.29) is 13.2 Å². The third-order valence-electron chi connectivity index (χ3n) is 1.88. The summed E-state index contributed by atoms with van der Waals surface area (Å²) < 4.78 is 0. The molecule has 0 aliphatic rings. The van der Waals surface area contributed by atoms with Gasteiger partial charge in [-0.3, -0.25) is 0 Å². The minimum atomic E-state index is -0.0677. The predicted octanol–water partition coefficient (Wildman–Crippen LogP) is -0.0464. The van der Waals surface area contributed by atoms with Crippen molar-refractivity contribution in [3.05, 3.63) is 30.6 Å². The average Bonchev–Trinajstić information content (AvgIpc) is 2.29. The fraction of sp³-hybridized carbons (Fsp3) is 0.400. The molecule has 2 N–H and O–H groups in total. The number of rotatable bonds is 6. The lowest BCUT2D eigenvalue weighted by Gasteiger charge is -2.19. The van der Waals surface area contributed by atoms with Crippen molar-refractivity contribution in [3.8, 4) is 0 Å². The summed E-state index contributed by atoms with van der Waals surface area (Å²) in [5, 5.41) is 17.7. The number of hydrogen-bond donors (Lipinski definition) is 2. The molecule has 0 radical (unpaired) electrons. The summed E-state index contributed by atoms with van der Waals surface area (Å²) >= 11 is 0. The fourth-order valence-corrected chi connectivity index (χ4v) is 1.14. The van der Waals surface area contributed by atoms with Crippen molar-refractivity contribution in [3.63, 3.8) is 0 Å². The Kier molecular flexibility index (Phi) is 4.73. The third-order valence-corrected chi connectivity index (χ3v) is 1.88. The second-order valence-electron chi connectivity index (χ2n) is 3.01. The van der Waals surface area contributed by atoms with Crippen LogP contribution in [0.5, 0.6) is 0 Å². The Morgan fingerprint density at radius 1 is 1.33 bits per heavy atom. The van der Waals surface area contributed by atoms with Gasteiger partial charge in [0.25, 0.3) is 0 Å². The van der Waals surface area contributed by atoms with Gasteiger partial charge in [0.2, 0.25) is 5.95 Å². The number of nitrogens with zero attached hydrogens (tertiary/aromatic N) is 3. The topological polar surface area (TPSA) is 69.5 Å². The summed E-state index contributed by atoms with van der Waals surface area (Å²) in [6, 6.07) is 0. The van der Waals surface area contributed by atoms with E-state index in [0.29, 0.717) is 24.6 Å². The molecule has 0 saturated carbocycles. The van der Waals surface area contributed by atoms with E-state index in [0.717, 1.165) is 0 Å². The molecule has 0 bridgehead atoms. The van der Waals surface area contributed by atoms with Crippen LogP contribution in [0.3, 0.4) is 0 Å². The van der Waals surface area contributed by atoms with Gasteiger partial charge in [0, 0.05) is 31.0 Å². The van der Waals surface area contributed by atoms with Gasteiger partial charge in [-0.1, -0.05) is 6.08 Å². The van der Waals surface area contributed by atoms with E-state index in [1.807, 2.05) is 0 Å². The number of aliphatic hydroxyl groups excluding tert-OH is 2. The number of aromatic nitrogens is 2. The Morgan fingerprint density at radius 2 is 2.00 bits per heavy atom. The first-order valence-electron chi connectivity index (χ1n) is 4.70. The van der Waals surface area contributed by atoms with Crippen LogP contribution in [0.1, 0.15) is 5.56 Å². The third kappa shape index (κ3) is 3.30. The van der Waals surface area contributed by atoms with Crippen LogP contribution in [0.2, 0.25) is 0 Å². The molecule has 0 unspecified atom stereocenters. The summed E-state index contributed by atoms with van der Waals surface area (Å²) in [6.07, 6.45) is 4.85. The highest BCUT2D eigenvalue weighted by Gasteiger charge is 2.06. The highest BCUT2D eigenvalue weighted by atomic mass is 16.3. The van der Waals surface area contributed by atoms with Gasteiger partial charge in [0.1, 0.15) is 0 Å². The number of aliphatic hydroxyl groups is 2. The zero-order chi connectivity index (χ0) is 11.1. The molecule has 0 amide bonds. The van der Waals surface area contributed by atoms with Gasteiger partial charge in [-0.25, -0.2) is 9.97 Å². The van der Waals surface area contributed by atoms with Gasteiger partial charge >= 0.3 is 0 Å². The van der Waals surface area contributed by atoms with Crippen LogP contribution in [0, 0.1) is 0 Å². The highest BCUT2D eigenvalue weighted by Crippen LogP contribution is 2.06. The SMILES string of the molecule is C=CCN(CCO)c1ncc(CO)cn1. The summed E-state index contributed by atoms with van der Waals surface area (Å²) in [5.41, 5.74) is 0.668. The number of anilines is 1. The first-order valence-corrected chi connectivity index (χ1v) is 4.70. The Balaban J connectivity index is 2.76. The van der Waals surface area contributed by atoms with Crippen molar-refractivity contribution in [2.75, 3.05) is 24.6 Å². The van der Waals surface area contributed by atoms with Crippen molar-refractivity contribution in [2.45, 2.75) is 6.61 Å². The second kappa shape index (κ2) is 6.10. The maximum absolute atomic E-state index is 8.85. The van der Waals surface area contributed by atoms with Crippen LogP contribution in [0.25, 0.3) is 0 Å². The molecule has 0 spiro atoms. The molecule has 1 aromatic rings. The largest absolute Gasteiger partial charge is 0.395 e. The molecule has 0 fully saturated rings.